The molecular formula is C25H25N3O4S. The molecule has 1 N–H and O–H groups in total. The molecule has 170 valence electrons. The lowest BCUT2D eigenvalue weighted by Crippen LogP contribution is -2.41. The van der Waals surface area contributed by atoms with Crippen LogP contribution in [0.15, 0.2) is 60.8 Å². The fraction of sp³-hybridized carbons (Fsp3) is 0.280. The standard InChI is InChI=1S/C25H25N3O4S/c1-32-25(31)20-9-7-18(8-10-20)23-27-16-21(33-23)22(29)26-15-17-11-13-28(14-12-17)24(30)19-5-3-2-4-6-19/h2-10,16-17H,11-15H2,1H3,(H,26,29). The van der Waals surface area contributed by atoms with E-state index >= 15 is 0 Å². The van der Waals surface area contributed by atoms with Gasteiger partial charge in [-0.05, 0) is 43.0 Å². The zero-order valence-electron chi connectivity index (χ0n) is 18.3. The SMILES string of the molecule is COC(=O)c1ccc(-c2ncc(C(=O)NCC3CCN(C(=O)c4ccccc4)CC3)s2)cc1. The quantitative estimate of drug-likeness (QED) is 0.561. The maximum absolute atomic E-state index is 12.6. The first-order valence-corrected chi connectivity index (χ1v) is 11.6. The molecule has 0 radical (unpaired) electrons. The molecule has 0 aliphatic carbocycles. The molecule has 4 rings (SSSR count). The predicted molar refractivity (Wildman–Crippen MR) is 126 cm³/mol. The Morgan fingerprint density at radius 1 is 1.03 bits per heavy atom. The number of ether oxygens (including phenoxy) is 1. The van der Waals surface area contributed by atoms with Crippen molar-refractivity contribution in [3.8, 4) is 10.6 Å². The van der Waals surface area contributed by atoms with Gasteiger partial charge in [0.25, 0.3) is 11.8 Å². The fourth-order valence-electron chi connectivity index (χ4n) is 3.81. The summed E-state index contributed by atoms with van der Waals surface area (Å²) in [6.45, 7) is 1.97. The highest BCUT2D eigenvalue weighted by Crippen LogP contribution is 2.26. The number of amides is 2. The van der Waals surface area contributed by atoms with Gasteiger partial charge in [0.2, 0.25) is 0 Å². The van der Waals surface area contributed by atoms with Crippen LogP contribution in [0.5, 0.6) is 0 Å². The molecule has 0 bridgehead atoms. The summed E-state index contributed by atoms with van der Waals surface area (Å²) in [4.78, 5) is 43.5. The summed E-state index contributed by atoms with van der Waals surface area (Å²) in [6.07, 6.45) is 3.29. The maximum Gasteiger partial charge on any atom is 0.337 e. The average molecular weight is 464 g/mol. The van der Waals surface area contributed by atoms with E-state index in [9.17, 15) is 14.4 Å². The van der Waals surface area contributed by atoms with Crippen molar-refractivity contribution in [1.82, 2.24) is 15.2 Å². The lowest BCUT2D eigenvalue weighted by Gasteiger charge is -2.32. The number of hydrogen-bond acceptors (Lipinski definition) is 6. The second-order valence-electron chi connectivity index (χ2n) is 7.91. The highest BCUT2D eigenvalue weighted by atomic mass is 32.1. The van der Waals surface area contributed by atoms with Crippen LogP contribution in [0.3, 0.4) is 0 Å². The number of rotatable bonds is 6. The highest BCUT2D eigenvalue weighted by Gasteiger charge is 2.24. The molecule has 0 saturated carbocycles. The Morgan fingerprint density at radius 2 is 1.73 bits per heavy atom. The number of nitrogens with zero attached hydrogens (tertiary/aromatic N) is 2. The van der Waals surface area contributed by atoms with Crippen molar-refractivity contribution in [1.29, 1.82) is 0 Å². The zero-order chi connectivity index (χ0) is 23.2. The summed E-state index contributed by atoms with van der Waals surface area (Å²) in [5, 5.41) is 3.72. The third-order valence-electron chi connectivity index (χ3n) is 5.76. The molecule has 1 aliphatic heterocycles. The van der Waals surface area contributed by atoms with Gasteiger partial charge in [-0.1, -0.05) is 30.3 Å². The van der Waals surface area contributed by atoms with Gasteiger partial charge in [0, 0.05) is 30.8 Å². The molecule has 7 nitrogen and oxygen atoms in total. The second kappa shape index (κ2) is 10.4. The van der Waals surface area contributed by atoms with Crippen LogP contribution in [0.2, 0.25) is 0 Å². The van der Waals surface area contributed by atoms with E-state index in [2.05, 4.69) is 10.3 Å². The van der Waals surface area contributed by atoms with Gasteiger partial charge in [0.05, 0.1) is 18.9 Å². The van der Waals surface area contributed by atoms with E-state index in [1.54, 1.807) is 30.5 Å². The molecule has 0 spiro atoms. The Morgan fingerprint density at radius 3 is 2.39 bits per heavy atom. The summed E-state index contributed by atoms with van der Waals surface area (Å²) in [5.41, 5.74) is 2.01. The third kappa shape index (κ3) is 5.46. The molecule has 1 aliphatic rings. The van der Waals surface area contributed by atoms with Crippen LogP contribution >= 0.6 is 11.3 Å². The molecular weight excluding hydrogens is 438 g/mol. The number of benzene rings is 2. The zero-order valence-corrected chi connectivity index (χ0v) is 19.1. The number of methoxy groups -OCH3 is 1. The Balaban J connectivity index is 1.27. The molecule has 33 heavy (non-hydrogen) atoms. The average Bonchev–Trinajstić information content (AvgIpc) is 3.38. The van der Waals surface area contributed by atoms with Gasteiger partial charge in [-0.15, -0.1) is 11.3 Å². The van der Waals surface area contributed by atoms with Crippen molar-refractivity contribution >= 4 is 29.1 Å². The number of esters is 1. The Labute approximate surface area is 196 Å². The van der Waals surface area contributed by atoms with Crippen LogP contribution in [-0.4, -0.2) is 54.4 Å². The van der Waals surface area contributed by atoms with E-state index in [1.807, 2.05) is 35.2 Å². The number of hydrogen-bond donors (Lipinski definition) is 1. The summed E-state index contributed by atoms with van der Waals surface area (Å²) < 4.78 is 4.71. The number of piperidine rings is 1. The van der Waals surface area contributed by atoms with Gasteiger partial charge < -0.3 is 15.0 Å². The largest absolute Gasteiger partial charge is 0.465 e. The molecule has 1 aromatic heterocycles. The van der Waals surface area contributed by atoms with Gasteiger partial charge in [-0.3, -0.25) is 9.59 Å². The summed E-state index contributed by atoms with van der Waals surface area (Å²) in [5.74, 6) is -0.134. The molecule has 0 atom stereocenters. The molecule has 3 aromatic rings. The van der Waals surface area contributed by atoms with Gasteiger partial charge in [0.1, 0.15) is 9.88 Å². The van der Waals surface area contributed by atoms with E-state index in [0.717, 1.165) is 18.4 Å². The van der Waals surface area contributed by atoms with Gasteiger partial charge in [-0.2, -0.15) is 0 Å². The van der Waals surface area contributed by atoms with Crippen molar-refractivity contribution in [3.63, 3.8) is 0 Å². The third-order valence-corrected chi connectivity index (χ3v) is 6.80. The smallest absolute Gasteiger partial charge is 0.337 e. The minimum Gasteiger partial charge on any atom is -0.465 e. The van der Waals surface area contributed by atoms with Crippen molar-refractivity contribution in [2.75, 3.05) is 26.7 Å². The maximum atomic E-state index is 12.6. The van der Waals surface area contributed by atoms with Crippen LogP contribution in [0, 0.1) is 5.92 Å². The number of carbonyl (C=O) groups excluding carboxylic acids is 3. The van der Waals surface area contributed by atoms with Crippen molar-refractivity contribution in [2.24, 2.45) is 5.92 Å². The van der Waals surface area contributed by atoms with E-state index in [4.69, 9.17) is 4.74 Å². The van der Waals surface area contributed by atoms with Crippen LogP contribution < -0.4 is 5.32 Å². The van der Waals surface area contributed by atoms with Crippen LogP contribution in [0.25, 0.3) is 10.6 Å². The molecule has 1 saturated heterocycles. The first-order valence-electron chi connectivity index (χ1n) is 10.8. The minimum absolute atomic E-state index is 0.0647. The normalized spacial score (nSPS) is 14.0. The van der Waals surface area contributed by atoms with Gasteiger partial charge in [-0.25, -0.2) is 9.78 Å². The number of carbonyl (C=O) groups is 3. The lowest BCUT2D eigenvalue weighted by atomic mass is 9.96. The molecule has 1 fully saturated rings. The van der Waals surface area contributed by atoms with Gasteiger partial charge in [0.15, 0.2) is 0 Å². The Bertz CT molecular complexity index is 1120. The van der Waals surface area contributed by atoms with Gasteiger partial charge >= 0.3 is 5.97 Å². The van der Waals surface area contributed by atoms with E-state index in [1.165, 1.54) is 18.4 Å². The molecule has 2 amide bonds. The fourth-order valence-corrected chi connectivity index (χ4v) is 4.64. The second-order valence-corrected chi connectivity index (χ2v) is 8.94. The molecule has 2 aromatic carbocycles. The molecule has 8 heteroatoms. The van der Waals surface area contributed by atoms with Crippen LogP contribution in [0.4, 0.5) is 0 Å². The Kier molecular flexibility index (Phi) is 7.14. The predicted octanol–water partition coefficient (Wildman–Crippen LogP) is 3.88. The Hall–Kier alpha value is -3.52. The van der Waals surface area contributed by atoms with Crippen molar-refractivity contribution < 1.29 is 19.1 Å². The van der Waals surface area contributed by atoms with E-state index in [-0.39, 0.29) is 11.8 Å². The summed E-state index contributed by atoms with van der Waals surface area (Å²) >= 11 is 1.31. The number of nitrogens with one attached hydrogen (secondary N) is 1. The summed E-state index contributed by atoms with van der Waals surface area (Å²) in [6, 6.07) is 16.3. The van der Waals surface area contributed by atoms with E-state index < -0.39 is 5.97 Å². The molecule has 0 unspecified atom stereocenters. The van der Waals surface area contributed by atoms with Crippen molar-refractivity contribution in [3.05, 3.63) is 76.8 Å². The minimum atomic E-state index is -0.393. The first kappa shape index (κ1) is 22.7. The topological polar surface area (TPSA) is 88.6 Å². The first-order chi connectivity index (χ1) is 16.0. The van der Waals surface area contributed by atoms with Crippen LogP contribution in [-0.2, 0) is 4.74 Å². The summed E-state index contributed by atoms with van der Waals surface area (Å²) in [7, 11) is 1.34. The highest BCUT2D eigenvalue weighted by molar-refractivity contribution is 7.16. The number of thiazole rings is 1. The lowest BCUT2D eigenvalue weighted by molar-refractivity contribution is 0.0600. The number of likely N-dealkylation sites (tertiary alicyclic amines) is 1. The van der Waals surface area contributed by atoms with Crippen molar-refractivity contribution in [2.45, 2.75) is 12.8 Å². The monoisotopic (exact) mass is 463 g/mol. The van der Waals surface area contributed by atoms with E-state index in [0.29, 0.717) is 46.6 Å². The van der Waals surface area contributed by atoms with Crippen LogP contribution in [0.1, 0.15) is 43.2 Å². The molecule has 2 heterocycles. The number of aromatic nitrogens is 1.